The third kappa shape index (κ3) is 1.56. The summed E-state index contributed by atoms with van der Waals surface area (Å²) in [5.74, 6) is 0.223. The highest BCUT2D eigenvalue weighted by Gasteiger charge is 2.16. The van der Waals surface area contributed by atoms with Gasteiger partial charge in [0.05, 0.1) is 6.61 Å². The molecular formula is C9H11N5O2. The number of rotatable bonds is 2. The highest BCUT2D eigenvalue weighted by atomic mass is 16.5. The van der Waals surface area contributed by atoms with Gasteiger partial charge in [-0.1, -0.05) is 0 Å². The van der Waals surface area contributed by atoms with Crippen molar-refractivity contribution in [2.45, 2.75) is 13.8 Å². The number of ether oxygens (including phenoxy) is 1. The Hall–Kier alpha value is -2.18. The van der Waals surface area contributed by atoms with Gasteiger partial charge in [-0.2, -0.15) is 4.52 Å². The van der Waals surface area contributed by atoms with Crippen molar-refractivity contribution in [1.82, 2.24) is 19.6 Å². The topological polar surface area (TPSA) is 95.4 Å². The summed E-state index contributed by atoms with van der Waals surface area (Å²) in [5.41, 5.74) is 6.23. The molecule has 0 aliphatic carbocycles. The number of aromatic nitrogens is 4. The summed E-state index contributed by atoms with van der Waals surface area (Å²) in [7, 11) is 0. The van der Waals surface area contributed by atoms with Crippen LogP contribution in [0.25, 0.3) is 5.65 Å². The number of nitrogen functional groups attached to an aromatic ring is 1. The number of hydrogen-bond acceptors (Lipinski definition) is 6. The van der Waals surface area contributed by atoms with Crippen LogP contribution in [-0.4, -0.2) is 32.2 Å². The lowest BCUT2D eigenvalue weighted by Gasteiger charge is -2.03. The van der Waals surface area contributed by atoms with E-state index in [1.165, 1.54) is 10.7 Å². The van der Waals surface area contributed by atoms with E-state index in [0.29, 0.717) is 18.1 Å². The predicted molar refractivity (Wildman–Crippen MR) is 55.9 cm³/mol. The fourth-order valence-electron chi connectivity index (χ4n) is 1.35. The average Bonchev–Trinajstić information content (AvgIpc) is 2.61. The minimum atomic E-state index is -0.479. The van der Waals surface area contributed by atoms with Gasteiger partial charge in [0.2, 0.25) is 5.95 Å². The number of aryl methyl sites for hydroxylation is 1. The Morgan fingerprint density at radius 2 is 2.38 bits per heavy atom. The number of esters is 1. The molecule has 0 saturated carbocycles. The molecule has 0 amide bonds. The van der Waals surface area contributed by atoms with Crippen molar-refractivity contribution >= 4 is 17.6 Å². The normalized spacial score (nSPS) is 10.6. The third-order valence-electron chi connectivity index (χ3n) is 1.99. The standard InChI is InChI=1S/C9H11N5O2/c1-3-16-8(15)6-4-11-9(10)14-7(6)12-5(2)13-14/h4H,3H2,1-2H3,(H2,10,11). The summed E-state index contributed by atoms with van der Waals surface area (Å²) < 4.78 is 6.21. The Labute approximate surface area is 91.3 Å². The quantitative estimate of drug-likeness (QED) is 0.727. The van der Waals surface area contributed by atoms with E-state index < -0.39 is 5.97 Å². The lowest BCUT2D eigenvalue weighted by molar-refractivity contribution is 0.0527. The predicted octanol–water partition coefficient (Wildman–Crippen LogP) is 0.192. The van der Waals surface area contributed by atoms with Crippen LogP contribution in [0.1, 0.15) is 23.1 Å². The first-order valence-electron chi connectivity index (χ1n) is 4.78. The van der Waals surface area contributed by atoms with Crippen LogP contribution >= 0.6 is 0 Å². The molecule has 2 rings (SSSR count). The second-order valence-electron chi connectivity index (χ2n) is 3.14. The highest BCUT2D eigenvalue weighted by Crippen LogP contribution is 2.12. The monoisotopic (exact) mass is 221 g/mol. The molecule has 0 radical (unpaired) electrons. The molecule has 2 heterocycles. The molecule has 0 bridgehead atoms. The molecule has 2 aromatic rings. The number of nitrogens with two attached hydrogens (primary N) is 1. The first-order valence-corrected chi connectivity index (χ1v) is 4.78. The molecule has 0 atom stereocenters. The number of carbonyl (C=O) groups is 1. The van der Waals surface area contributed by atoms with Crippen LogP contribution in [0.3, 0.4) is 0 Å². The van der Waals surface area contributed by atoms with Crippen LogP contribution in [-0.2, 0) is 4.74 Å². The van der Waals surface area contributed by atoms with Gasteiger partial charge in [-0.05, 0) is 13.8 Å². The summed E-state index contributed by atoms with van der Waals surface area (Å²) in [6, 6.07) is 0. The fraction of sp³-hybridized carbons (Fsp3) is 0.333. The van der Waals surface area contributed by atoms with Gasteiger partial charge in [-0.15, -0.1) is 5.10 Å². The SMILES string of the molecule is CCOC(=O)c1cnc(N)n2nc(C)nc12. The zero-order chi connectivity index (χ0) is 11.7. The molecule has 0 fully saturated rings. The summed E-state index contributed by atoms with van der Waals surface area (Å²) in [4.78, 5) is 19.6. The van der Waals surface area contributed by atoms with E-state index in [1.54, 1.807) is 13.8 Å². The molecule has 0 saturated heterocycles. The van der Waals surface area contributed by atoms with Gasteiger partial charge in [-0.25, -0.2) is 14.8 Å². The maximum absolute atomic E-state index is 11.6. The van der Waals surface area contributed by atoms with Gasteiger partial charge in [0.15, 0.2) is 5.65 Å². The minimum Gasteiger partial charge on any atom is -0.462 e. The number of nitrogens with zero attached hydrogens (tertiary/aromatic N) is 4. The van der Waals surface area contributed by atoms with Gasteiger partial charge < -0.3 is 10.5 Å². The largest absolute Gasteiger partial charge is 0.462 e. The Morgan fingerprint density at radius 1 is 1.62 bits per heavy atom. The van der Waals surface area contributed by atoms with E-state index in [1.807, 2.05) is 0 Å². The molecule has 7 heteroatoms. The van der Waals surface area contributed by atoms with E-state index >= 15 is 0 Å². The van der Waals surface area contributed by atoms with E-state index in [2.05, 4.69) is 15.1 Å². The lowest BCUT2D eigenvalue weighted by Crippen LogP contribution is -2.10. The Morgan fingerprint density at radius 3 is 3.06 bits per heavy atom. The van der Waals surface area contributed by atoms with Crippen LogP contribution in [0.5, 0.6) is 0 Å². The van der Waals surface area contributed by atoms with E-state index in [0.717, 1.165) is 0 Å². The van der Waals surface area contributed by atoms with Gasteiger partial charge in [-0.3, -0.25) is 0 Å². The number of anilines is 1. The highest BCUT2D eigenvalue weighted by molar-refractivity contribution is 5.95. The van der Waals surface area contributed by atoms with E-state index in [4.69, 9.17) is 10.5 Å². The summed E-state index contributed by atoms with van der Waals surface area (Å²) in [6.07, 6.45) is 1.34. The second-order valence-corrected chi connectivity index (χ2v) is 3.14. The number of fused-ring (bicyclic) bond motifs is 1. The van der Waals surface area contributed by atoms with Crippen LogP contribution in [0, 0.1) is 6.92 Å². The van der Waals surface area contributed by atoms with Crippen molar-refractivity contribution in [1.29, 1.82) is 0 Å². The first-order chi connectivity index (χ1) is 7.63. The van der Waals surface area contributed by atoms with Crippen molar-refractivity contribution in [3.8, 4) is 0 Å². The van der Waals surface area contributed by atoms with Crippen LogP contribution in [0.4, 0.5) is 5.95 Å². The van der Waals surface area contributed by atoms with E-state index in [9.17, 15) is 4.79 Å². The van der Waals surface area contributed by atoms with Crippen LogP contribution < -0.4 is 5.73 Å². The van der Waals surface area contributed by atoms with Crippen LogP contribution in [0.15, 0.2) is 6.20 Å². The van der Waals surface area contributed by atoms with Crippen molar-refractivity contribution in [2.24, 2.45) is 0 Å². The van der Waals surface area contributed by atoms with Crippen molar-refractivity contribution < 1.29 is 9.53 Å². The second kappa shape index (κ2) is 3.76. The molecular weight excluding hydrogens is 210 g/mol. The van der Waals surface area contributed by atoms with Crippen molar-refractivity contribution in [3.63, 3.8) is 0 Å². The van der Waals surface area contributed by atoms with Crippen LogP contribution in [0.2, 0.25) is 0 Å². The van der Waals surface area contributed by atoms with Crippen molar-refractivity contribution in [3.05, 3.63) is 17.6 Å². The molecule has 0 aromatic carbocycles. The van der Waals surface area contributed by atoms with Gasteiger partial charge in [0.25, 0.3) is 0 Å². The fourth-order valence-corrected chi connectivity index (χ4v) is 1.35. The van der Waals surface area contributed by atoms with Gasteiger partial charge >= 0.3 is 5.97 Å². The molecule has 0 aliphatic rings. The Kier molecular flexibility index (Phi) is 2.43. The molecule has 16 heavy (non-hydrogen) atoms. The molecule has 7 nitrogen and oxygen atoms in total. The lowest BCUT2D eigenvalue weighted by atomic mass is 10.3. The third-order valence-corrected chi connectivity index (χ3v) is 1.99. The van der Waals surface area contributed by atoms with E-state index in [-0.39, 0.29) is 11.5 Å². The maximum atomic E-state index is 11.6. The van der Waals surface area contributed by atoms with Crippen molar-refractivity contribution in [2.75, 3.05) is 12.3 Å². The summed E-state index contributed by atoms with van der Waals surface area (Å²) >= 11 is 0. The number of hydrogen-bond donors (Lipinski definition) is 1. The Bertz CT molecular complexity index is 548. The maximum Gasteiger partial charge on any atom is 0.343 e. The molecule has 2 aromatic heterocycles. The molecule has 0 unspecified atom stereocenters. The average molecular weight is 221 g/mol. The number of carbonyl (C=O) groups excluding carboxylic acids is 1. The first kappa shape index (κ1) is 10.3. The molecule has 84 valence electrons. The molecule has 0 spiro atoms. The zero-order valence-electron chi connectivity index (χ0n) is 8.97. The minimum absolute atomic E-state index is 0.184. The zero-order valence-corrected chi connectivity index (χ0v) is 8.97. The smallest absolute Gasteiger partial charge is 0.343 e. The Balaban J connectivity index is 2.62. The summed E-state index contributed by atoms with van der Waals surface area (Å²) in [6.45, 7) is 3.73. The van der Waals surface area contributed by atoms with Gasteiger partial charge in [0.1, 0.15) is 11.4 Å². The summed E-state index contributed by atoms with van der Waals surface area (Å²) in [5, 5.41) is 4.03. The van der Waals surface area contributed by atoms with Gasteiger partial charge in [0, 0.05) is 6.20 Å². The molecule has 2 N–H and O–H groups in total. The molecule has 0 aliphatic heterocycles.